The zero-order chi connectivity index (χ0) is 27.1. The number of aromatic nitrogens is 4. The molecule has 2 aromatic carbocycles. The van der Waals surface area contributed by atoms with Crippen molar-refractivity contribution in [1.29, 1.82) is 0 Å². The number of para-hydroxylation sites is 1. The van der Waals surface area contributed by atoms with Gasteiger partial charge in [0, 0.05) is 18.2 Å². The lowest BCUT2D eigenvalue weighted by molar-refractivity contribution is -0.129. The van der Waals surface area contributed by atoms with Crippen molar-refractivity contribution in [3.05, 3.63) is 87.9 Å². The van der Waals surface area contributed by atoms with Crippen LogP contribution in [0, 0.1) is 13.8 Å². The van der Waals surface area contributed by atoms with Crippen LogP contribution in [0.4, 0.5) is 5.82 Å². The van der Waals surface area contributed by atoms with Crippen LogP contribution >= 0.6 is 0 Å². The summed E-state index contributed by atoms with van der Waals surface area (Å²) in [5.74, 6) is 1.63. The Bertz CT molecular complexity index is 1470. The summed E-state index contributed by atoms with van der Waals surface area (Å²) < 4.78 is 1.71. The number of anilines is 1. The molecule has 3 N–H and O–H groups in total. The third kappa shape index (κ3) is 6.06. The summed E-state index contributed by atoms with van der Waals surface area (Å²) in [5.41, 5.74) is 4.82. The van der Waals surface area contributed by atoms with Crippen molar-refractivity contribution in [1.82, 2.24) is 25.0 Å². The van der Waals surface area contributed by atoms with Gasteiger partial charge in [0.25, 0.3) is 5.56 Å². The Balaban J connectivity index is 1.76. The first-order valence-electron chi connectivity index (χ1n) is 13.0. The quantitative estimate of drug-likeness (QED) is 0.147. The molecule has 0 aliphatic carbocycles. The van der Waals surface area contributed by atoms with Gasteiger partial charge in [-0.15, -0.1) is 0 Å². The number of hydroxylamine groups is 1. The van der Waals surface area contributed by atoms with Crippen molar-refractivity contribution in [3.63, 3.8) is 0 Å². The predicted octanol–water partition coefficient (Wildman–Crippen LogP) is 4.96. The Morgan fingerprint density at radius 3 is 2.55 bits per heavy atom. The highest BCUT2D eigenvalue weighted by molar-refractivity contribution is 5.82. The van der Waals surface area contributed by atoms with Gasteiger partial charge in [-0.25, -0.2) is 20.4 Å². The minimum Gasteiger partial charge on any atom is -0.360 e. The third-order valence-electron chi connectivity index (χ3n) is 6.62. The molecule has 0 unspecified atom stereocenters. The molecule has 1 atom stereocenters. The fourth-order valence-electron chi connectivity index (χ4n) is 4.61. The topological polar surface area (TPSA) is 122 Å². The van der Waals surface area contributed by atoms with E-state index in [0.29, 0.717) is 41.8 Å². The van der Waals surface area contributed by atoms with Crippen LogP contribution in [0.2, 0.25) is 0 Å². The van der Waals surface area contributed by atoms with Gasteiger partial charge in [-0.1, -0.05) is 43.7 Å². The van der Waals surface area contributed by atoms with Crippen molar-refractivity contribution in [2.24, 2.45) is 0 Å². The van der Waals surface area contributed by atoms with E-state index in [2.05, 4.69) is 22.2 Å². The van der Waals surface area contributed by atoms with Crippen molar-refractivity contribution in [2.75, 3.05) is 5.32 Å². The molecule has 2 aromatic heterocycles. The molecule has 9 nitrogen and oxygen atoms in total. The zero-order valence-electron chi connectivity index (χ0n) is 22.1. The molecule has 0 radical (unpaired) electrons. The highest BCUT2D eigenvalue weighted by Crippen LogP contribution is 2.26. The predicted molar refractivity (Wildman–Crippen MR) is 148 cm³/mol. The molecule has 4 rings (SSSR count). The number of nitrogens with zero attached hydrogens (tertiary/aromatic N) is 4. The number of carbonyl (C=O) groups is 1. The summed E-state index contributed by atoms with van der Waals surface area (Å²) in [4.78, 5) is 39.3. The zero-order valence-corrected chi connectivity index (χ0v) is 22.1. The van der Waals surface area contributed by atoms with Gasteiger partial charge in [-0.05, 0) is 63.3 Å². The number of benzene rings is 2. The van der Waals surface area contributed by atoms with Gasteiger partial charge in [0.2, 0.25) is 5.91 Å². The first-order valence-corrected chi connectivity index (χ1v) is 13.0. The maximum absolute atomic E-state index is 14.2. The van der Waals surface area contributed by atoms with Gasteiger partial charge in [0.1, 0.15) is 17.5 Å². The number of aryl methyl sites for hydroxylation is 3. The maximum atomic E-state index is 14.2. The number of amides is 1. The van der Waals surface area contributed by atoms with E-state index in [-0.39, 0.29) is 23.9 Å². The smallest absolute Gasteiger partial charge is 0.266 e. The van der Waals surface area contributed by atoms with E-state index < -0.39 is 0 Å². The Kier molecular flexibility index (Phi) is 8.81. The SMILES string of the molecule is CC[C@H](Nc1nc(C)ncc1C)c1nc2cccc(CCCCCC(=O)NO)c2c(=O)n1-c1ccccc1. The lowest BCUT2D eigenvalue weighted by atomic mass is 10.0. The van der Waals surface area contributed by atoms with Crippen LogP contribution in [0.1, 0.15) is 67.8 Å². The molecule has 0 spiro atoms. The Labute approximate surface area is 222 Å². The number of carbonyl (C=O) groups excluding carboxylic acids is 1. The second kappa shape index (κ2) is 12.4. The van der Waals surface area contributed by atoms with Crippen LogP contribution in [-0.2, 0) is 11.2 Å². The molecule has 0 aliphatic rings. The maximum Gasteiger partial charge on any atom is 0.266 e. The largest absolute Gasteiger partial charge is 0.360 e. The fraction of sp³-hybridized carbons (Fsp3) is 0.345. The molecule has 0 aliphatic heterocycles. The minimum absolute atomic E-state index is 0.109. The van der Waals surface area contributed by atoms with E-state index in [1.165, 1.54) is 0 Å². The van der Waals surface area contributed by atoms with Crippen LogP contribution in [0.25, 0.3) is 16.6 Å². The first-order chi connectivity index (χ1) is 18.4. The first kappa shape index (κ1) is 26.9. The number of nitrogens with one attached hydrogen (secondary N) is 2. The van der Waals surface area contributed by atoms with E-state index in [0.717, 1.165) is 35.5 Å². The van der Waals surface area contributed by atoms with E-state index in [9.17, 15) is 9.59 Å². The second-order valence-corrected chi connectivity index (χ2v) is 9.41. The summed E-state index contributed by atoms with van der Waals surface area (Å²) in [6, 6.07) is 15.1. The normalized spacial score (nSPS) is 11.9. The van der Waals surface area contributed by atoms with Gasteiger partial charge in [-0.2, -0.15) is 0 Å². The molecule has 9 heteroatoms. The van der Waals surface area contributed by atoms with Gasteiger partial charge in [-0.3, -0.25) is 19.4 Å². The Morgan fingerprint density at radius 2 is 1.82 bits per heavy atom. The van der Waals surface area contributed by atoms with E-state index in [1.54, 1.807) is 16.2 Å². The Hall–Kier alpha value is -4.11. The molecule has 38 heavy (non-hydrogen) atoms. The van der Waals surface area contributed by atoms with E-state index >= 15 is 0 Å². The summed E-state index contributed by atoms with van der Waals surface area (Å²) in [6.07, 6.45) is 5.73. The van der Waals surface area contributed by atoms with Crippen molar-refractivity contribution < 1.29 is 10.0 Å². The second-order valence-electron chi connectivity index (χ2n) is 9.41. The summed E-state index contributed by atoms with van der Waals surface area (Å²) in [7, 11) is 0. The molecular formula is C29H34N6O3. The Morgan fingerprint density at radius 1 is 1.03 bits per heavy atom. The number of unbranched alkanes of at least 4 members (excludes halogenated alkanes) is 2. The molecule has 0 saturated heterocycles. The standard InChI is InChI=1S/C29H34N6O3/c1-4-23(32-27-19(2)18-30-20(3)31-27)28-33-24-16-11-13-21(12-7-5-10-17-25(36)34-38)26(24)29(37)35(28)22-14-8-6-9-15-22/h6,8-9,11,13-16,18,23,38H,4-5,7,10,12,17H2,1-3H3,(H,34,36)(H,30,31,32)/t23-/m0/s1. The lowest BCUT2D eigenvalue weighted by Gasteiger charge is -2.23. The molecule has 4 aromatic rings. The molecular weight excluding hydrogens is 480 g/mol. The van der Waals surface area contributed by atoms with Crippen LogP contribution < -0.4 is 16.4 Å². The molecule has 1 amide bonds. The van der Waals surface area contributed by atoms with Gasteiger partial charge >= 0.3 is 0 Å². The molecule has 0 saturated carbocycles. The number of hydrogen-bond acceptors (Lipinski definition) is 7. The number of hydrogen-bond donors (Lipinski definition) is 3. The van der Waals surface area contributed by atoms with Crippen LogP contribution in [0.5, 0.6) is 0 Å². The lowest BCUT2D eigenvalue weighted by Crippen LogP contribution is -2.29. The average Bonchev–Trinajstić information content (AvgIpc) is 2.93. The molecule has 0 bridgehead atoms. The van der Waals surface area contributed by atoms with Gasteiger partial charge in [0.05, 0.1) is 22.6 Å². The minimum atomic E-state index is -0.385. The highest BCUT2D eigenvalue weighted by Gasteiger charge is 2.22. The molecule has 198 valence electrons. The van der Waals surface area contributed by atoms with Crippen molar-refractivity contribution in [2.45, 2.75) is 65.3 Å². The third-order valence-corrected chi connectivity index (χ3v) is 6.62. The van der Waals surface area contributed by atoms with Crippen molar-refractivity contribution in [3.8, 4) is 5.69 Å². The van der Waals surface area contributed by atoms with Gasteiger partial charge in [0.15, 0.2) is 0 Å². The van der Waals surface area contributed by atoms with Gasteiger partial charge < -0.3 is 5.32 Å². The van der Waals surface area contributed by atoms with Crippen molar-refractivity contribution >= 4 is 22.6 Å². The fourth-order valence-corrected chi connectivity index (χ4v) is 4.61. The summed E-state index contributed by atoms with van der Waals surface area (Å²) in [5, 5.41) is 12.8. The highest BCUT2D eigenvalue weighted by atomic mass is 16.5. The summed E-state index contributed by atoms with van der Waals surface area (Å²) >= 11 is 0. The number of fused-ring (bicyclic) bond motifs is 1. The average molecular weight is 515 g/mol. The van der Waals surface area contributed by atoms with Crippen LogP contribution in [0.3, 0.4) is 0 Å². The molecule has 2 heterocycles. The van der Waals surface area contributed by atoms with E-state index in [4.69, 9.17) is 10.2 Å². The van der Waals surface area contributed by atoms with E-state index in [1.807, 2.05) is 62.4 Å². The summed E-state index contributed by atoms with van der Waals surface area (Å²) in [6.45, 7) is 5.86. The monoisotopic (exact) mass is 514 g/mol. The van der Waals surface area contributed by atoms with Crippen LogP contribution in [-0.4, -0.2) is 30.6 Å². The van der Waals surface area contributed by atoms with Crippen LogP contribution in [0.15, 0.2) is 59.5 Å². The molecule has 0 fully saturated rings. The number of rotatable bonds is 11.